The Morgan fingerprint density at radius 3 is 2.94 bits per heavy atom. The van der Waals surface area contributed by atoms with E-state index in [2.05, 4.69) is 20.9 Å². The van der Waals surface area contributed by atoms with Gasteiger partial charge >= 0.3 is 5.82 Å². The molecule has 8 heteroatoms. The van der Waals surface area contributed by atoms with Gasteiger partial charge in [0.25, 0.3) is 0 Å². The van der Waals surface area contributed by atoms with Gasteiger partial charge in [-0.3, -0.25) is 0 Å². The Hall–Kier alpha value is -1.18. The highest BCUT2D eigenvalue weighted by molar-refractivity contribution is 9.10. The van der Waals surface area contributed by atoms with E-state index in [0.29, 0.717) is 15.1 Å². The average Bonchev–Trinajstić information content (AvgIpc) is 2.56. The van der Waals surface area contributed by atoms with E-state index >= 15 is 0 Å². The summed E-state index contributed by atoms with van der Waals surface area (Å²) in [4.78, 5) is 14.2. The van der Waals surface area contributed by atoms with Crippen LogP contribution in [0, 0.1) is 10.1 Å². The highest BCUT2D eigenvalue weighted by atomic mass is 79.9. The van der Waals surface area contributed by atoms with Crippen molar-refractivity contribution in [2.45, 2.75) is 6.61 Å². The Morgan fingerprint density at radius 2 is 2.38 bits per heavy atom. The number of aliphatic hydroxyl groups is 1. The quantitative estimate of drug-likeness (QED) is 0.681. The third-order valence-corrected chi connectivity index (χ3v) is 2.80. The second kappa shape index (κ2) is 4.00. The highest BCUT2D eigenvalue weighted by Gasteiger charge is 2.23. The molecule has 0 aliphatic rings. The van der Waals surface area contributed by atoms with Gasteiger partial charge in [-0.2, -0.15) is 4.40 Å². The number of nitrogens with zero attached hydrogens (tertiary/aromatic N) is 3. The molecule has 0 aliphatic heterocycles. The maximum absolute atomic E-state index is 10.9. The summed E-state index contributed by atoms with van der Waals surface area (Å²) in [5.41, 5.74) is 0.355. The van der Waals surface area contributed by atoms with Gasteiger partial charge in [0.15, 0.2) is 5.69 Å². The first-order valence-electron chi connectivity index (χ1n) is 4.16. The van der Waals surface area contributed by atoms with E-state index < -0.39 is 11.5 Å². The Balaban J connectivity index is 2.89. The fraction of sp³-hybridized carbons (Fsp3) is 0.125. The van der Waals surface area contributed by atoms with Crippen molar-refractivity contribution in [2.24, 2.45) is 0 Å². The Morgan fingerprint density at radius 1 is 1.69 bits per heavy atom. The van der Waals surface area contributed by atoms with E-state index in [9.17, 15) is 10.1 Å². The summed E-state index contributed by atoms with van der Waals surface area (Å²) in [6.07, 6.45) is 1.38. The van der Waals surface area contributed by atoms with E-state index in [0.717, 1.165) is 0 Å². The molecule has 0 unspecified atom stereocenters. The summed E-state index contributed by atoms with van der Waals surface area (Å²) >= 11 is 8.99. The summed E-state index contributed by atoms with van der Waals surface area (Å²) in [5.74, 6) is -0.277. The van der Waals surface area contributed by atoms with Crippen molar-refractivity contribution in [3.05, 3.63) is 37.6 Å². The van der Waals surface area contributed by atoms with Gasteiger partial charge in [-0.25, -0.2) is 4.98 Å². The van der Waals surface area contributed by atoms with Crippen molar-refractivity contribution < 1.29 is 10.0 Å². The largest absolute Gasteiger partial charge is 0.390 e. The molecule has 0 atom stereocenters. The van der Waals surface area contributed by atoms with Crippen LogP contribution in [-0.4, -0.2) is 19.4 Å². The topological polar surface area (TPSA) is 80.7 Å². The lowest BCUT2D eigenvalue weighted by atomic mass is 10.4. The molecule has 0 saturated heterocycles. The molecule has 6 nitrogen and oxygen atoms in total. The first-order valence-corrected chi connectivity index (χ1v) is 5.33. The van der Waals surface area contributed by atoms with Crippen LogP contribution < -0.4 is 0 Å². The number of hydrogen-bond donors (Lipinski definition) is 1. The van der Waals surface area contributed by atoms with Crippen molar-refractivity contribution in [1.82, 2.24) is 9.38 Å². The van der Waals surface area contributed by atoms with Crippen LogP contribution in [0.5, 0.6) is 0 Å². The van der Waals surface area contributed by atoms with Crippen LogP contribution in [0.3, 0.4) is 0 Å². The molecule has 0 spiro atoms. The third-order valence-electron chi connectivity index (χ3n) is 2.01. The van der Waals surface area contributed by atoms with Crippen molar-refractivity contribution in [1.29, 1.82) is 0 Å². The Bertz CT molecular complexity index is 583. The van der Waals surface area contributed by atoms with E-state index in [1.54, 1.807) is 6.07 Å². The van der Waals surface area contributed by atoms with E-state index in [-0.39, 0.29) is 11.5 Å². The molecule has 2 aromatic heterocycles. The Labute approximate surface area is 103 Å². The molecule has 0 amide bonds. The van der Waals surface area contributed by atoms with Crippen molar-refractivity contribution >= 4 is 39.0 Å². The van der Waals surface area contributed by atoms with E-state index in [4.69, 9.17) is 16.7 Å². The van der Waals surface area contributed by atoms with Gasteiger partial charge in [0.05, 0.1) is 16.1 Å². The Kier molecular flexibility index (Phi) is 2.83. The number of aromatic nitrogens is 2. The number of halogens is 2. The summed E-state index contributed by atoms with van der Waals surface area (Å²) in [6.45, 7) is -0.498. The molecule has 0 radical (unpaired) electrons. The zero-order valence-corrected chi connectivity index (χ0v) is 10.1. The van der Waals surface area contributed by atoms with Crippen LogP contribution in [0.2, 0.25) is 5.02 Å². The number of nitro groups is 1. The van der Waals surface area contributed by atoms with Crippen molar-refractivity contribution in [3.8, 4) is 0 Å². The minimum atomic E-state index is -0.603. The van der Waals surface area contributed by atoms with Gasteiger partial charge in [0.1, 0.15) is 6.20 Å². The summed E-state index contributed by atoms with van der Waals surface area (Å²) in [6, 6.07) is 1.58. The molecule has 0 bridgehead atoms. The molecule has 2 aromatic rings. The third kappa shape index (κ3) is 1.66. The molecule has 0 fully saturated rings. The lowest BCUT2D eigenvalue weighted by Gasteiger charge is -1.96. The number of pyridine rings is 1. The van der Waals surface area contributed by atoms with Crippen LogP contribution in [0.25, 0.3) is 5.65 Å². The molecular formula is C8H5BrClN3O3. The summed E-state index contributed by atoms with van der Waals surface area (Å²) < 4.78 is 1.76. The smallest absolute Gasteiger partial charge is 0.353 e. The van der Waals surface area contributed by atoms with Crippen LogP contribution in [0.1, 0.15) is 5.69 Å². The predicted octanol–water partition coefficient (Wildman–Crippen LogP) is 2.15. The fourth-order valence-corrected chi connectivity index (χ4v) is 2.27. The molecule has 0 aliphatic carbocycles. The average molecular weight is 307 g/mol. The summed E-state index contributed by atoms with van der Waals surface area (Å²) in [7, 11) is 0. The maximum atomic E-state index is 10.9. The van der Waals surface area contributed by atoms with Crippen LogP contribution in [-0.2, 0) is 6.61 Å². The van der Waals surface area contributed by atoms with Crippen LogP contribution in [0.4, 0.5) is 5.82 Å². The first kappa shape index (κ1) is 11.3. The fourth-order valence-electron chi connectivity index (χ4n) is 1.41. The van der Waals surface area contributed by atoms with Gasteiger partial charge < -0.3 is 15.2 Å². The van der Waals surface area contributed by atoms with E-state index in [1.807, 2.05) is 0 Å². The predicted molar refractivity (Wildman–Crippen MR) is 60.5 cm³/mol. The highest BCUT2D eigenvalue weighted by Crippen LogP contribution is 2.28. The van der Waals surface area contributed by atoms with Crippen molar-refractivity contribution in [3.63, 3.8) is 0 Å². The van der Waals surface area contributed by atoms with Gasteiger partial charge in [0, 0.05) is 0 Å². The first-order chi connectivity index (χ1) is 7.54. The maximum Gasteiger partial charge on any atom is 0.353 e. The minimum absolute atomic E-state index is 0.00738. The molecule has 1 N–H and O–H groups in total. The van der Waals surface area contributed by atoms with Gasteiger partial charge in [-0.05, 0) is 26.9 Å². The molecule has 16 heavy (non-hydrogen) atoms. The number of fused-ring (bicyclic) bond motifs is 1. The van der Waals surface area contributed by atoms with E-state index in [1.165, 1.54) is 10.6 Å². The molecule has 0 saturated carbocycles. The van der Waals surface area contributed by atoms with Gasteiger partial charge in [-0.1, -0.05) is 11.6 Å². The monoisotopic (exact) mass is 305 g/mol. The van der Waals surface area contributed by atoms with Gasteiger partial charge in [0.2, 0.25) is 5.65 Å². The molecule has 84 valence electrons. The minimum Gasteiger partial charge on any atom is -0.390 e. The number of rotatable bonds is 2. The lowest BCUT2D eigenvalue weighted by molar-refractivity contribution is -0.391. The van der Waals surface area contributed by atoms with Crippen molar-refractivity contribution in [2.75, 3.05) is 0 Å². The van der Waals surface area contributed by atoms with Crippen LogP contribution >= 0.6 is 27.5 Å². The second-order valence-electron chi connectivity index (χ2n) is 3.00. The normalized spacial score (nSPS) is 10.9. The molecule has 2 heterocycles. The lowest BCUT2D eigenvalue weighted by Crippen LogP contribution is -1.97. The second-order valence-corrected chi connectivity index (χ2v) is 4.29. The molecular weight excluding hydrogens is 301 g/mol. The SMILES string of the molecule is O=[N+]([O-])c1c(CO)nc2c(Br)cc(Cl)cn12. The van der Waals surface area contributed by atoms with Gasteiger partial charge in [-0.15, -0.1) is 0 Å². The number of hydrogen-bond acceptors (Lipinski definition) is 4. The summed E-state index contributed by atoms with van der Waals surface area (Å²) in [5, 5.41) is 20.2. The molecule has 2 rings (SSSR count). The zero-order chi connectivity index (χ0) is 11.9. The number of aliphatic hydroxyl groups excluding tert-OH is 1. The van der Waals surface area contributed by atoms with Crippen LogP contribution in [0.15, 0.2) is 16.7 Å². The molecule has 0 aromatic carbocycles. The zero-order valence-electron chi connectivity index (χ0n) is 7.72. The standard InChI is InChI=1S/C8H5BrClN3O3/c9-5-1-4(10)2-12-7(5)11-6(3-14)8(12)13(15)16/h1-2,14H,3H2. The number of imidazole rings is 1.